The standard InChI is InChI=1S/C23H32N2O4.ClH/c1-26-20-10-5-4-9-19(20)25-16-14-24(15-17-25)13-6-7-18-29-23-21(27-2)11-8-12-22(23)28-3;/h4-5,8-12H,6-7,13-18H2,1-3H3;1H. The molecular formula is C23H33ClN2O4. The van der Waals surface area contributed by atoms with Crippen molar-refractivity contribution >= 4 is 5.69 Å². The summed E-state index contributed by atoms with van der Waals surface area (Å²) >= 11 is 0. The Bertz CT molecular complexity index is 744. The molecule has 1 heterocycles. The van der Waals surface area contributed by atoms with E-state index in [1.54, 1.807) is 26.2 Å². The summed E-state index contributed by atoms with van der Waals surface area (Å²) in [5, 5.41) is 0. The van der Waals surface area contributed by atoms with E-state index in [4.69, 9.17) is 18.9 Å². The summed E-state index contributed by atoms with van der Waals surface area (Å²) in [6, 6.07) is 14.0. The first kappa shape index (κ1) is 24.0. The van der Waals surface area contributed by atoms with E-state index in [1.165, 1.54) is 12.2 Å². The predicted octanol–water partition coefficient (Wildman–Crippen LogP) is -0.719. The maximum absolute atomic E-state index is 5.96. The van der Waals surface area contributed by atoms with Crippen LogP contribution in [0.1, 0.15) is 12.8 Å². The Kier molecular flexibility index (Phi) is 9.91. The Morgan fingerprint density at radius 1 is 0.800 bits per heavy atom. The largest absolute Gasteiger partial charge is 1.00 e. The van der Waals surface area contributed by atoms with Crippen molar-refractivity contribution in [2.24, 2.45) is 0 Å². The highest BCUT2D eigenvalue weighted by atomic mass is 35.5. The summed E-state index contributed by atoms with van der Waals surface area (Å²) in [6.07, 6.45) is 2.16. The first-order valence-electron chi connectivity index (χ1n) is 10.3. The fourth-order valence-corrected chi connectivity index (χ4v) is 3.82. The summed E-state index contributed by atoms with van der Waals surface area (Å²) < 4.78 is 22.2. The maximum atomic E-state index is 5.96. The lowest BCUT2D eigenvalue weighted by Crippen LogP contribution is -3.14. The van der Waals surface area contributed by atoms with Crippen LogP contribution in [0.15, 0.2) is 42.5 Å². The second-order valence-electron chi connectivity index (χ2n) is 7.21. The molecule has 0 saturated carbocycles. The van der Waals surface area contributed by atoms with Crippen molar-refractivity contribution in [2.75, 3.05) is 65.6 Å². The molecule has 0 amide bonds. The molecule has 0 radical (unpaired) electrons. The van der Waals surface area contributed by atoms with Crippen molar-refractivity contribution in [2.45, 2.75) is 12.8 Å². The zero-order valence-electron chi connectivity index (χ0n) is 18.2. The van der Waals surface area contributed by atoms with E-state index < -0.39 is 0 Å². The van der Waals surface area contributed by atoms with E-state index in [1.807, 2.05) is 30.3 Å². The van der Waals surface area contributed by atoms with E-state index >= 15 is 0 Å². The molecule has 1 saturated heterocycles. The van der Waals surface area contributed by atoms with E-state index in [0.717, 1.165) is 44.8 Å². The molecule has 1 aliphatic heterocycles. The van der Waals surface area contributed by atoms with Gasteiger partial charge in [-0.3, -0.25) is 0 Å². The average Bonchev–Trinajstić information content (AvgIpc) is 2.79. The number of unbranched alkanes of at least 4 members (excludes halogenated alkanes) is 1. The van der Waals surface area contributed by atoms with E-state index in [2.05, 4.69) is 17.0 Å². The second kappa shape index (κ2) is 12.4. The third-order valence-corrected chi connectivity index (χ3v) is 5.45. The monoisotopic (exact) mass is 436 g/mol. The van der Waals surface area contributed by atoms with Gasteiger partial charge in [-0.25, -0.2) is 0 Å². The van der Waals surface area contributed by atoms with Gasteiger partial charge >= 0.3 is 0 Å². The van der Waals surface area contributed by atoms with Gasteiger partial charge in [0, 0.05) is 0 Å². The molecule has 0 atom stereocenters. The van der Waals surface area contributed by atoms with Crippen LogP contribution in [0.2, 0.25) is 0 Å². The van der Waals surface area contributed by atoms with Crippen LogP contribution in [0.25, 0.3) is 0 Å². The highest BCUT2D eigenvalue weighted by Crippen LogP contribution is 2.36. The number of hydrogen-bond acceptors (Lipinski definition) is 5. The van der Waals surface area contributed by atoms with Gasteiger partial charge in [-0.2, -0.15) is 0 Å². The Balaban J connectivity index is 0.00000320. The van der Waals surface area contributed by atoms with Crippen LogP contribution in [0.3, 0.4) is 0 Å². The Labute approximate surface area is 186 Å². The number of methoxy groups -OCH3 is 3. The van der Waals surface area contributed by atoms with Crippen LogP contribution < -0.4 is 41.2 Å². The minimum absolute atomic E-state index is 0. The van der Waals surface area contributed by atoms with Crippen LogP contribution in [0.5, 0.6) is 23.0 Å². The summed E-state index contributed by atoms with van der Waals surface area (Å²) in [5.74, 6) is 3.07. The lowest BCUT2D eigenvalue weighted by molar-refractivity contribution is -0.900. The molecule has 2 aromatic carbocycles. The summed E-state index contributed by atoms with van der Waals surface area (Å²) in [4.78, 5) is 4.09. The third-order valence-electron chi connectivity index (χ3n) is 5.45. The minimum atomic E-state index is 0. The van der Waals surface area contributed by atoms with Gasteiger partial charge in [0.15, 0.2) is 11.5 Å². The normalized spacial score (nSPS) is 14.0. The molecule has 2 aromatic rings. The van der Waals surface area contributed by atoms with Gasteiger partial charge < -0.3 is 41.2 Å². The molecule has 1 aliphatic rings. The van der Waals surface area contributed by atoms with Crippen molar-refractivity contribution in [1.82, 2.24) is 0 Å². The van der Waals surface area contributed by atoms with Gasteiger partial charge in [-0.1, -0.05) is 18.2 Å². The molecule has 0 bridgehead atoms. The van der Waals surface area contributed by atoms with Crippen LogP contribution in [-0.2, 0) is 0 Å². The summed E-state index contributed by atoms with van der Waals surface area (Å²) in [5.41, 5.74) is 1.20. The Morgan fingerprint density at radius 3 is 2.03 bits per heavy atom. The summed E-state index contributed by atoms with van der Waals surface area (Å²) in [6.45, 7) is 6.26. The van der Waals surface area contributed by atoms with Crippen molar-refractivity contribution in [3.8, 4) is 23.0 Å². The average molecular weight is 437 g/mol. The molecule has 3 rings (SSSR count). The minimum Gasteiger partial charge on any atom is -1.00 e. The van der Waals surface area contributed by atoms with Gasteiger partial charge in [0.2, 0.25) is 5.75 Å². The molecule has 30 heavy (non-hydrogen) atoms. The van der Waals surface area contributed by atoms with E-state index in [-0.39, 0.29) is 12.4 Å². The molecule has 0 unspecified atom stereocenters. The molecule has 1 N–H and O–H groups in total. The number of piperazine rings is 1. The van der Waals surface area contributed by atoms with Crippen molar-refractivity contribution in [1.29, 1.82) is 0 Å². The van der Waals surface area contributed by atoms with Crippen molar-refractivity contribution in [3.63, 3.8) is 0 Å². The van der Waals surface area contributed by atoms with E-state index in [0.29, 0.717) is 23.9 Å². The smallest absolute Gasteiger partial charge is 0.203 e. The number of halogens is 1. The zero-order valence-corrected chi connectivity index (χ0v) is 18.9. The molecule has 0 aromatic heterocycles. The fraction of sp³-hybridized carbons (Fsp3) is 0.478. The van der Waals surface area contributed by atoms with Crippen LogP contribution in [0, 0.1) is 0 Å². The second-order valence-corrected chi connectivity index (χ2v) is 7.21. The van der Waals surface area contributed by atoms with Crippen LogP contribution in [-0.4, -0.2) is 60.7 Å². The predicted molar refractivity (Wildman–Crippen MR) is 115 cm³/mol. The van der Waals surface area contributed by atoms with Crippen molar-refractivity contribution < 1.29 is 36.3 Å². The highest BCUT2D eigenvalue weighted by molar-refractivity contribution is 5.58. The number of para-hydroxylation sites is 3. The fourth-order valence-electron chi connectivity index (χ4n) is 3.82. The Hall–Kier alpha value is -2.31. The SMILES string of the molecule is COc1ccccc1N1CC[NH+](CCCCOc2c(OC)cccc2OC)CC1.[Cl-]. The van der Waals surface area contributed by atoms with E-state index in [9.17, 15) is 0 Å². The Morgan fingerprint density at radius 2 is 1.40 bits per heavy atom. The quantitative estimate of drug-likeness (QED) is 0.498. The number of benzene rings is 2. The third kappa shape index (κ3) is 6.09. The summed E-state index contributed by atoms with van der Waals surface area (Å²) in [7, 11) is 5.04. The lowest BCUT2D eigenvalue weighted by Gasteiger charge is -2.34. The first-order valence-corrected chi connectivity index (χ1v) is 10.3. The van der Waals surface area contributed by atoms with Crippen LogP contribution in [0.4, 0.5) is 5.69 Å². The number of hydrogen-bond donors (Lipinski definition) is 1. The van der Waals surface area contributed by atoms with Gasteiger partial charge in [0.05, 0.1) is 66.3 Å². The number of anilines is 1. The number of nitrogens with zero attached hydrogens (tertiary/aromatic N) is 1. The molecule has 0 spiro atoms. The number of ether oxygens (including phenoxy) is 4. The van der Waals surface area contributed by atoms with Gasteiger partial charge in [-0.15, -0.1) is 0 Å². The molecular weight excluding hydrogens is 404 g/mol. The molecule has 1 fully saturated rings. The first-order chi connectivity index (χ1) is 14.3. The van der Waals surface area contributed by atoms with Gasteiger partial charge in [0.25, 0.3) is 0 Å². The van der Waals surface area contributed by atoms with Crippen molar-refractivity contribution in [3.05, 3.63) is 42.5 Å². The number of nitrogens with one attached hydrogen (secondary N) is 1. The number of quaternary nitrogens is 1. The van der Waals surface area contributed by atoms with Gasteiger partial charge in [0.1, 0.15) is 5.75 Å². The highest BCUT2D eigenvalue weighted by Gasteiger charge is 2.21. The topological polar surface area (TPSA) is 44.6 Å². The molecule has 6 nitrogen and oxygen atoms in total. The maximum Gasteiger partial charge on any atom is 0.203 e. The lowest BCUT2D eigenvalue weighted by atomic mass is 10.2. The molecule has 166 valence electrons. The zero-order chi connectivity index (χ0) is 20.5. The number of rotatable bonds is 10. The molecule has 7 heteroatoms. The molecule has 0 aliphatic carbocycles. The van der Waals surface area contributed by atoms with Crippen LogP contribution >= 0.6 is 0 Å². The van der Waals surface area contributed by atoms with Gasteiger partial charge in [-0.05, 0) is 37.1 Å².